The molecule has 1 aliphatic rings. The van der Waals surface area contributed by atoms with Gasteiger partial charge in [0, 0.05) is 10.5 Å². The van der Waals surface area contributed by atoms with Gasteiger partial charge < -0.3 is 4.74 Å². The lowest BCUT2D eigenvalue weighted by Crippen LogP contribution is -2.40. The van der Waals surface area contributed by atoms with Crippen LogP contribution in [0.15, 0.2) is 24.3 Å². The number of hydrogen-bond acceptors (Lipinski definition) is 4. The first kappa shape index (κ1) is 13.7. The Morgan fingerprint density at radius 3 is 2.47 bits per heavy atom. The Kier molecular flexibility index (Phi) is 3.22. The molecule has 0 heterocycles. The molecule has 0 radical (unpaired) electrons. The highest BCUT2D eigenvalue weighted by Gasteiger charge is 2.84. The molecule has 19 heavy (non-hydrogen) atoms. The summed E-state index contributed by atoms with van der Waals surface area (Å²) in [4.78, 5) is 22.3. The van der Waals surface area contributed by atoms with Crippen LogP contribution in [0.3, 0.4) is 0 Å². The average molecular weight is 288 g/mol. The van der Waals surface area contributed by atoms with Gasteiger partial charge in [0.25, 0.3) is 0 Å². The predicted molar refractivity (Wildman–Crippen MR) is 66.2 cm³/mol. The van der Waals surface area contributed by atoms with E-state index in [1.165, 1.54) is 31.4 Å². The number of alkyl halides is 2. The maximum atomic E-state index is 14.1. The van der Waals surface area contributed by atoms with Crippen LogP contribution in [0, 0.1) is 10.1 Å². The minimum Gasteiger partial charge on any atom is -0.497 e. The smallest absolute Gasteiger partial charge is 0.321 e. The van der Waals surface area contributed by atoms with Crippen molar-refractivity contribution >= 4 is 17.4 Å². The second kappa shape index (κ2) is 4.45. The summed E-state index contributed by atoms with van der Waals surface area (Å²) in [6, 6.07) is 5.73. The zero-order chi connectivity index (χ0) is 14.3. The standard InChI is InChI=1S/C12H11ClFNO4/c1-19-9-4-2-8(3-5-9)10(16)12(15(17)18)6-11(12,14)7-13/h2-5H,6-7H2,1H3. The van der Waals surface area contributed by atoms with Crippen LogP contribution in [0.1, 0.15) is 16.8 Å². The molecule has 1 fully saturated rings. The number of Topliss-reactive ketones (excluding diaryl/α,β-unsaturated/α-hetero) is 1. The fourth-order valence-corrected chi connectivity index (χ4v) is 2.41. The molecule has 2 rings (SSSR count). The molecule has 2 unspecified atom stereocenters. The molecular formula is C12H11ClFNO4. The first-order valence-electron chi connectivity index (χ1n) is 5.49. The molecule has 2 atom stereocenters. The van der Waals surface area contributed by atoms with Gasteiger partial charge in [0.2, 0.25) is 11.5 Å². The summed E-state index contributed by atoms with van der Waals surface area (Å²) >= 11 is 5.40. The van der Waals surface area contributed by atoms with Crippen molar-refractivity contribution in [3.05, 3.63) is 39.9 Å². The Labute approximate surface area is 113 Å². The van der Waals surface area contributed by atoms with E-state index in [1.54, 1.807) is 0 Å². The van der Waals surface area contributed by atoms with E-state index in [9.17, 15) is 19.3 Å². The van der Waals surface area contributed by atoms with E-state index in [0.29, 0.717) is 5.75 Å². The van der Waals surface area contributed by atoms with Gasteiger partial charge >= 0.3 is 5.54 Å². The van der Waals surface area contributed by atoms with Crippen LogP contribution in [0.2, 0.25) is 0 Å². The van der Waals surface area contributed by atoms with Gasteiger partial charge in [-0.15, -0.1) is 11.6 Å². The quantitative estimate of drug-likeness (QED) is 0.360. The average Bonchev–Trinajstić information content (AvgIpc) is 3.07. The van der Waals surface area contributed by atoms with Gasteiger partial charge in [-0.3, -0.25) is 14.9 Å². The van der Waals surface area contributed by atoms with Crippen molar-refractivity contribution in [2.24, 2.45) is 0 Å². The topological polar surface area (TPSA) is 69.4 Å². The van der Waals surface area contributed by atoms with Gasteiger partial charge in [-0.25, -0.2) is 4.39 Å². The van der Waals surface area contributed by atoms with Gasteiger partial charge in [-0.05, 0) is 24.3 Å². The Morgan fingerprint density at radius 2 is 2.11 bits per heavy atom. The number of benzene rings is 1. The molecular weight excluding hydrogens is 277 g/mol. The number of nitrogens with zero attached hydrogens (tertiary/aromatic N) is 1. The maximum absolute atomic E-state index is 14.1. The second-order valence-electron chi connectivity index (χ2n) is 4.45. The van der Waals surface area contributed by atoms with E-state index in [1.807, 2.05) is 0 Å². The molecule has 0 spiro atoms. The molecule has 1 aliphatic carbocycles. The van der Waals surface area contributed by atoms with Crippen LogP contribution in [-0.2, 0) is 0 Å². The van der Waals surface area contributed by atoms with Gasteiger partial charge in [0.05, 0.1) is 19.4 Å². The number of carbonyl (C=O) groups excluding carboxylic acids is 1. The molecule has 1 aromatic carbocycles. The zero-order valence-corrected chi connectivity index (χ0v) is 10.8. The summed E-state index contributed by atoms with van der Waals surface area (Å²) in [6.07, 6.45) is -0.485. The van der Waals surface area contributed by atoms with Crippen molar-refractivity contribution in [2.45, 2.75) is 17.6 Å². The number of carbonyl (C=O) groups is 1. The molecule has 0 bridgehead atoms. The minimum atomic E-state index is -2.27. The molecule has 7 heteroatoms. The highest BCUT2D eigenvalue weighted by Crippen LogP contribution is 2.56. The van der Waals surface area contributed by atoms with Crippen LogP contribution >= 0.6 is 11.6 Å². The van der Waals surface area contributed by atoms with Gasteiger partial charge in [-0.1, -0.05) is 0 Å². The lowest BCUT2D eigenvalue weighted by Gasteiger charge is -2.10. The summed E-state index contributed by atoms with van der Waals surface area (Å²) in [7, 11) is 1.45. The molecule has 0 amide bonds. The Morgan fingerprint density at radius 1 is 1.53 bits per heavy atom. The SMILES string of the molecule is COc1ccc(C(=O)C2([N+](=O)[O-])CC2(F)CCl)cc1. The summed E-state index contributed by atoms with van der Waals surface area (Å²) in [5.41, 5.74) is -4.44. The molecule has 5 nitrogen and oxygen atoms in total. The molecule has 0 saturated heterocycles. The third kappa shape index (κ3) is 1.87. The van der Waals surface area contributed by atoms with Crippen LogP contribution in [-0.4, -0.2) is 34.9 Å². The Bertz CT molecular complexity index is 535. The molecule has 0 N–H and O–H groups in total. The van der Waals surface area contributed by atoms with E-state index < -0.39 is 34.2 Å². The first-order chi connectivity index (χ1) is 8.91. The van der Waals surface area contributed by atoms with Crippen LogP contribution in [0.25, 0.3) is 0 Å². The molecule has 102 valence electrons. The van der Waals surface area contributed by atoms with Gasteiger partial charge in [-0.2, -0.15) is 0 Å². The van der Waals surface area contributed by atoms with Crippen molar-refractivity contribution in [1.29, 1.82) is 0 Å². The molecule has 1 aromatic rings. The summed E-state index contributed by atoms with van der Waals surface area (Å²) in [5, 5.41) is 11.1. The number of ether oxygens (including phenoxy) is 1. The summed E-state index contributed by atoms with van der Waals surface area (Å²) in [5.74, 6) is -0.926. The Hall–Kier alpha value is -1.69. The lowest BCUT2D eigenvalue weighted by molar-refractivity contribution is -0.527. The van der Waals surface area contributed by atoms with Crippen molar-refractivity contribution in [3.63, 3.8) is 0 Å². The number of methoxy groups -OCH3 is 1. The van der Waals surface area contributed by atoms with E-state index in [2.05, 4.69) is 0 Å². The van der Waals surface area contributed by atoms with Crippen molar-refractivity contribution in [3.8, 4) is 5.75 Å². The maximum Gasteiger partial charge on any atom is 0.321 e. The van der Waals surface area contributed by atoms with Crippen LogP contribution in [0.5, 0.6) is 5.75 Å². The number of halogens is 2. The van der Waals surface area contributed by atoms with Gasteiger partial charge in [0.15, 0.2) is 0 Å². The highest BCUT2D eigenvalue weighted by molar-refractivity contribution is 6.20. The highest BCUT2D eigenvalue weighted by atomic mass is 35.5. The number of rotatable bonds is 5. The zero-order valence-electron chi connectivity index (χ0n) is 10.1. The van der Waals surface area contributed by atoms with Crippen molar-refractivity contribution < 1.29 is 18.8 Å². The fourth-order valence-electron chi connectivity index (χ4n) is 2.10. The molecule has 1 saturated carbocycles. The Balaban J connectivity index is 2.34. The summed E-state index contributed by atoms with van der Waals surface area (Å²) < 4.78 is 19.0. The van der Waals surface area contributed by atoms with E-state index >= 15 is 0 Å². The van der Waals surface area contributed by atoms with Gasteiger partial charge in [0.1, 0.15) is 5.75 Å². The largest absolute Gasteiger partial charge is 0.497 e. The normalized spacial score (nSPS) is 28.8. The third-order valence-corrected chi connectivity index (χ3v) is 3.83. The third-order valence-electron chi connectivity index (χ3n) is 3.40. The molecule has 0 aromatic heterocycles. The monoisotopic (exact) mass is 287 g/mol. The van der Waals surface area contributed by atoms with Crippen molar-refractivity contribution in [2.75, 3.05) is 13.0 Å². The second-order valence-corrected chi connectivity index (χ2v) is 4.72. The van der Waals surface area contributed by atoms with E-state index in [-0.39, 0.29) is 5.56 Å². The van der Waals surface area contributed by atoms with Crippen molar-refractivity contribution in [1.82, 2.24) is 0 Å². The fraction of sp³-hybridized carbons (Fsp3) is 0.417. The molecule has 0 aliphatic heterocycles. The lowest BCUT2D eigenvalue weighted by atomic mass is 10.0. The van der Waals surface area contributed by atoms with Crippen LogP contribution in [0.4, 0.5) is 4.39 Å². The van der Waals surface area contributed by atoms with E-state index in [0.717, 1.165) is 0 Å². The first-order valence-corrected chi connectivity index (χ1v) is 6.03. The number of hydrogen-bond donors (Lipinski definition) is 0. The predicted octanol–water partition coefficient (Wildman–Crippen LogP) is 2.24. The number of nitro groups is 1. The minimum absolute atomic E-state index is 0.0714. The van der Waals surface area contributed by atoms with E-state index in [4.69, 9.17) is 16.3 Å². The summed E-state index contributed by atoms with van der Waals surface area (Å²) in [6.45, 7) is 0. The number of ketones is 1. The van der Waals surface area contributed by atoms with Crippen LogP contribution < -0.4 is 4.74 Å².